The number of benzene rings is 7. The highest BCUT2D eigenvalue weighted by Gasteiger charge is 2.49. The van der Waals surface area contributed by atoms with Crippen LogP contribution >= 0.6 is 0 Å². The van der Waals surface area contributed by atoms with Gasteiger partial charge in [0.25, 0.3) is 17.7 Å². The topological polar surface area (TPSA) is 89.4 Å². The van der Waals surface area contributed by atoms with Gasteiger partial charge in [0.1, 0.15) is 0 Å². The van der Waals surface area contributed by atoms with Crippen molar-refractivity contribution in [3.8, 4) is 11.3 Å². The predicted octanol–water partition coefficient (Wildman–Crippen LogP) is 19.0. The fourth-order valence-corrected chi connectivity index (χ4v) is 13.0. The third-order valence-corrected chi connectivity index (χ3v) is 17.7. The average molecular weight is 1150 g/mol. The molecule has 436 valence electrons. The normalized spacial score (nSPS) is 18.5. The fourth-order valence-electron chi connectivity index (χ4n) is 13.0. The molecule has 5 heterocycles. The number of carbonyl (C=O) groups excluding carboxylic acids is 3. The van der Waals surface area contributed by atoms with Crippen LogP contribution in [0.15, 0.2) is 235 Å². The smallest absolute Gasteiger partial charge is 0.262 e. The molecule has 9 heteroatoms. The van der Waals surface area contributed by atoms with Gasteiger partial charge in [0.05, 0.1) is 29.5 Å². The highest BCUT2D eigenvalue weighted by molar-refractivity contribution is 6.19. The van der Waals surface area contributed by atoms with E-state index in [9.17, 15) is 0 Å². The molecule has 3 atom stereocenters. The molecule has 0 aliphatic carbocycles. The zero-order valence-corrected chi connectivity index (χ0v) is 52.1. The largest absolute Gasteiger partial charge is 0.357 e. The standard InChI is InChI=1S/C78H76N6O3/c1-13-23-55(75(3,4)5)44-69-64-33-30-61(43-54(64)49-80-69)82(58-24-17-14-18-25-58)72(85)51-40-52-42-53(41-51)74(87)84(60-28-21-16-22-29-60)63-32-35-68-67(47-63)71(81-39-37-57(77(9,10)11)48-78(68,81)12)50(2)66-46-62(83(73(52)86)59-26-19-15-20-27-59)31-34-65(66)70-45-56(36-38-79-70)76(6,7)8/h13-48,50,71H,49H2,1-12H3/b23-13-,55-44+. The Bertz CT molecular complexity index is 4210. The van der Waals surface area contributed by atoms with Crippen LogP contribution in [0.25, 0.3) is 11.3 Å². The van der Waals surface area contributed by atoms with Crippen molar-refractivity contribution in [1.29, 1.82) is 0 Å². The summed E-state index contributed by atoms with van der Waals surface area (Å²) in [5, 5.41) is 0. The summed E-state index contributed by atoms with van der Waals surface area (Å²) >= 11 is 0. The lowest BCUT2D eigenvalue weighted by Crippen LogP contribution is -2.39. The number of aliphatic imine (C=N–C) groups is 1. The average Bonchev–Trinajstić information content (AvgIpc) is 1.61. The van der Waals surface area contributed by atoms with Gasteiger partial charge in [0.15, 0.2) is 0 Å². The van der Waals surface area contributed by atoms with Crippen LogP contribution in [-0.2, 0) is 17.5 Å². The van der Waals surface area contributed by atoms with E-state index in [0.29, 0.717) is 40.7 Å². The third-order valence-electron chi connectivity index (χ3n) is 17.7. The molecule has 6 bridgehead atoms. The lowest BCUT2D eigenvalue weighted by Gasteiger charge is -2.43. The van der Waals surface area contributed by atoms with Gasteiger partial charge in [0.2, 0.25) is 0 Å². The molecule has 0 fully saturated rings. The van der Waals surface area contributed by atoms with Crippen LogP contribution in [0.5, 0.6) is 0 Å². The van der Waals surface area contributed by atoms with Gasteiger partial charge < -0.3 is 4.90 Å². The summed E-state index contributed by atoms with van der Waals surface area (Å²) in [5.41, 5.74) is 14.7. The van der Waals surface area contributed by atoms with E-state index in [0.717, 1.165) is 55.9 Å². The van der Waals surface area contributed by atoms with Crippen LogP contribution in [0.4, 0.5) is 34.1 Å². The van der Waals surface area contributed by atoms with Gasteiger partial charge in [-0.3, -0.25) is 39.1 Å². The SMILES string of the molecule is C/C=C\C(=C/C1=NCc2cc(N(C(=O)c3cc4cc(c3)C(=O)N(c3ccccc3)c3ccc5c(c3)C(C(C)c3cc(ccc3-c3cc(C(C)(C)C)ccn3)N(c3ccccc3)C4=O)N3C=CC(C(C)(C)C)=CC53C)c3ccccc3)ccc21)C(C)(C)C. The van der Waals surface area contributed by atoms with Crippen LogP contribution in [0.3, 0.4) is 0 Å². The Morgan fingerprint density at radius 2 is 1.23 bits per heavy atom. The Morgan fingerprint density at radius 3 is 1.83 bits per heavy atom. The summed E-state index contributed by atoms with van der Waals surface area (Å²) in [4.78, 5) is 66.5. The molecule has 9 nitrogen and oxygen atoms in total. The number of allylic oxidation sites excluding steroid dienone is 6. The first kappa shape index (κ1) is 57.9. The lowest BCUT2D eigenvalue weighted by molar-refractivity contribution is 0.0998. The Labute approximate surface area is 513 Å². The van der Waals surface area contributed by atoms with Crippen LogP contribution < -0.4 is 14.7 Å². The molecule has 1 aromatic heterocycles. The third kappa shape index (κ3) is 10.7. The highest BCUT2D eigenvalue weighted by atomic mass is 16.2. The second-order valence-electron chi connectivity index (χ2n) is 26.8. The number of aromatic nitrogens is 1. The molecule has 3 unspecified atom stereocenters. The number of pyridine rings is 1. The maximum Gasteiger partial charge on any atom is 0.262 e. The van der Waals surface area contributed by atoms with Crippen molar-refractivity contribution in [2.75, 3.05) is 14.7 Å². The number of nitrogens with zero attached hydrogens (tertiary/aromatic N) is 6. The van der Waals surface area contributed by atoms with Crippen molar-refractivity contribution in [2.45, 2.75) is 113 Å². The minimum absolute atomic E-state index is 0.107. The molecule has 87 heavy (non-hydrogen) atoms. The number of amides is 3. The Kier molecular flexibility index (Phi) is 14.7. The molecule has 0 saturated carbocycles. The molecule has 0 N–H and O–H groups in total. The van der Waals surface area contributed by atoms with Crippen molar-refractivity contribution < 1.29 is 14.4 Å². The molecule has 0 spiro atoms. The van der Waals surface area contributed by atoms with Crippen molar-refractivity contribution in [1.82, 2.24) is 9.88 Å². The first-order valence-corrected chi connectivity index (χ1v) is 30.3. The number of carbonyl (C=O) groups is 3. The van der Waals surface area contributed by atoms with Gasteiger partial charge in [-0.2, -0.15) is 0 Å². The molecule has 7 aromatic carbocycles. The number of rotatable bonds is 8. The zero-order chi connectivity index (χ0) is 61.3. The highest BCUT2D eigenvalue weighted by Crippen LogP contribution is 2.57. The molecular formula is C78H76N6O3. The van der Waals surface area contributed by atoms with E-state index in [-0.39, 0.29) is 44.9 Å². The zero-order valence-electron chi connectivity index (χ0n) is 52.1. The molecule has 4 aliphatic rings. The number of para-hydroxylation sites is 3. The van der Waals surface area contributed by atoms with E-state index in [1.807, 2.05) is 134 Å². The second kappa shape index (κ2) is 22.1. The number of hydrogen-bond acceptors (Lipinski definition) is 6. The molecule has 0 radical (unpaired) electrons. The van der Waals surface area contributed by atoms with Crippen molar-refractivity contribution in [3.63, 3.8) is 0 Å². The van der Waals surface area contributed by atoms with Crippen molar-refractivity contribution in [2.24, 2.45) is 15.8 Å². The van der Waals surface area contributed by atoms with Crippen LogP contribution in [0.2, 0.25) is 0 Å². The number of hydrogen-bond donors (Lipinski definition) is 0. The summed E-state index contributed by atoms with van der Waals surface area (Å²) in [6.07, 6.45) is 15.2. The monoisotopic (exact) mass is 1140 g/mol. The van der Waals surface area contributed by atoms with Crippen molar-refractivity contribution >= 4 is 57.6 Å². The summed E-state index contributed by atoms with van der Waals surface area (Å²) in [6.45, 7) is 27.0. The Balaban J connectivity index is 1.10. The Morgan fingerprint density at radius 1 is 0.632 bits per heavy atom. The van der Waals surface area contributed by atoms with Gasteiger partial charge in [-0.15, -0.1) is 0 Å². The lowest BCUT2D eigenvalue weighted by atomic mass is 9.79. The van der Waals surface area contributed by atoms with E-state index in [4.69, 9.17) is 9.98 Å². The van der Waals surface area contributed by atoms with Crippen LogP contribution in [0.1, 0.15) is 159 Å². The van der Waals surface area contributed by atoms with Gasteiger partial charge in [-0.25, -0.2) is 0 Å². The maximum atomic E-state index is 16.4. The van der Waals surface area contributed by atoms with Gasteiger partial charge >= 0.3 is 0 Å². The van der Waals surface area contributed by atoms with Gasteiger partial charge in [0, 0.05) is 80.3 Å². The summed E-state index contributed by atoms with van der Waals surface area (Å²) in [6, 6.07) is 56.6. The quantitative estimate of drug-likeness (QED) is 0.141. The summed E-state index contributed by atoms with van der Waals surface area (Å²) in [5.74, 6) is -1.48. The molecule has 8 aromatic rings. The van der Waals surface area contributed by atoms with E-state index in [1.54, 1.807) is 32.9 Å². The summed E-state index contributed by atoms with van der Waals surface area (Å²) < 4.78 is 0. The first-order valence-electron chi connectivity index (χ1n) is 30.3. The van der Waals surface area contributed by atoms with Crippen LogP contribution in [0, 0.1) is 10.8 Å². The van der Waals surface area contributed by atoms with E-state index < -0.39 is 23.3 Å². The van der Waals surface area contributed by atoms with E-state index in [2.05, 4.69) is 154 Å². The van der Waals surface area contributed by atoms with Crippen molar-refractivity contribution in [3.05, 3.63) is 280 Å². The molecule has 3 amide bonds. The van der Waals surface area contributed by atoms with E-state index in [1.165, 1.54) is 5.57 Å². The maximum absolute atomic E-state index is 16.4. The summed E-state index contributed by atoms with van der Waals surface area (Å²) in [7, 11) is 0. The predicted molar refractivity (Wildman–Crippen MR) is 356 cm³/mol. The minimum atomic E-state index is -0.577. The number of anilines is 6. The minimum Gasteiger partial charge on any atom is -0.357 e. The molecular weight excluding hydrogens is 1070 g/mol. The molecule has 0 saturated heterocycles. The first-order chi connectivity index (χ1) is 41.5. The fraction of sp³-hybridized carbons (Fsp3) is 0.244. The van der Waals surface area contributed by atoms with Gasteiger partial charge in [-0.1, -0.05) is 160 Å². The number of fused-ring (bicyclic) bond motifs is 9. The molecule has 4 aliphatic heterocycles. The van der Waals surface area contributed by atoms with E-state index >= 15 is 14.4 Å². The van der Waals surface area contributed by atoms with Crippen LogP contribution in [-0.4, -0.2) is 33.3 Å². The van der Waals surface area contributed by atoms with Gasteiger partial charge in [-0.05, 0) is 184 Å². The Hall–Kier alpha value is -9.47. The molecule has 12 rings (SSSR count). The second-order valence-corrected chi connectivity index (χ2v) is 26.8.